The van der Waals surface area contributed by atoms with E-state index < -0.39 is 0 Å². The summed E-state index contributed by atoms with van der Waals surface area (Å²) in [5.41, 5.74) is 0.982. The highest BCUT2D eigenvalue weighted by molar-refractivity contribution is 7.09. The molecule has 0 bridgehead atoms. The first-order valence-electron chi connectivity index (χ1n) is 3.46. The van der Waals surface area contributed by atoms with Gasteiger partial charge in [-0.25, -0.2) is 4.98 Å². The van der Waals surface area contributed by atoms with Crippen molar-refractivity contribution >= 4 is 28.8 Å². The van der Waals surface area contributed by atoms with E-state index in [1.165, 1.54) is 11.3 Å². The zero-order valence-corrected chi connectivity index (χ0v) is 8.21. The van der Waals surface area contributed by atoms with Crippen molar-refractivity contribution in [2.45, 2.75) is 13.5 Å². The molecule has 1 amide bonds. The lowest BCUT2D eigenvalue weighted by Gasteiger charge is -1.97. The molecule has 3 nitrogen and oxygen atoms in total. The van der Waals surface area contributed by atoms with Gasteiger partial charge in [0.05, 0.1) is 6.54 Å². The Morgan fingerprint density at radius 3 is 3.08 bits per heavy atom. The van der Waals surface area contributed by atoms with Gasteiger partial charge >= 0.3 is 0 Å². The number of thiazole rings is 1. The second-order valence-electron chi connectivity index (χ2n) is 2.29. The smallest absolute Gasteiger partial charge is 0.235 e. The van der Waals surface area contributed by atoms with E-state index in [0.717, 1.165) is 10.7 Å². The molecule has 1 heterocycles. The number of aryl methyl sites for hydroxylation is 1. The van der Waals surface area contributed by atoms with Gasteiger partial charge in [0.1, 0.15) is 10.9 Å². The van der Waals surface area contributed by atoms with Crippen LogP contribution in [-0.2, 0) is 11.3 Å². The molecule has 0 saturated carbocycles. The molecule has 1 aromatic rings. The molecule has 0 atom stereocenters. The minimum absolute atomic E-state index is 0.00432. The van der Waals surface area contributed by atoms with E-state index in [4.69, 9.17) is 11.6 Å². The molecule has 0 aliphatic heterocycles. The highest BCUT2D eigenvalue weighted by atomic mass is 35.5. The predicted octanol–water partition coefficient (Wildman–Crippen LogP) is 1.31. The predicted molar refractivity (Wildman–Crippen MR) is 49.4 cm³/mol. The molecule has 0 unspecified atom stereocenters. The topological polar surface area (TPSA) is 42.0 Å². The molecule has 1 rings (SSSR count). The molecule has 1 aromatic heterocycles. The average Bonchev–Trinajstić information content (AvgIpc) is 2.47. The summed E-state index contributed by atoms with van der Waals surface area (Å²) in [5.74, 6) is -0.158. The van der Waals surface area contributed by atoms with Crippen molar-refractivity contribution in [2.24, 2.45) is 0 Å². The van der Waals surface area contributed by atoms with Gasteiger partial charge in [0.15, 0.2) is 0 Å². The first kappa shape index (κ1) is 9.48. The summed E-state index contributed by atoms with van der Waals surface area (Å²) in [6.07, 6.45) is 0. The molecule has 0 aliphatic carbocycles. The van der Waals surface area contributed by atoms with Gasteiger partial charge in [-0.15, -0.1) is 22.9 Å². The molecule has 0 radical (unpaired) electrons. The number of aromatic nitrogens is 1. The third kappa shape index (κ3) is 2.79. The number of rotatable bonds is 3. The van der Waals surface area contributed by atoms with Crippen LogP contribution in [0.25, 0.3) is 0 Å². The summed E-state index contributed by atoms with van der Waals surface area (Å²) < 4.78 is 0. The quantitative estimate of drug-likeness (QED) is 0.755. The van der Waals surface area contributed by atoms with Crippen molar-refractivity contribution in [2.75, 3.05) is 5.88 Å². The second kappa shape index (κ2) is 4.42. The molecule has 66 valence electrons. The Hall–Kier alpha value is -0.610. The molecule has 1 N–H and O–H groups in total. The fourth-order valence-electron chi connectivity index (χ4n) is 0.705. The zero-order chi connectivity index (χ0) is 8.97. The van der Waals surface area contributed by atoms with Crippen molar-refractivity contribution in [1.82, 2.24) is 10.3 Å². The summed E-state index contributed by atoms with van der Waals surface area (Å²) in [7, 11) is 0. The van der Waals surface area contributed by atoms with Gasteiger partial charge < -0.3 is 5.32 Å². The van der Waals surface area contributed by atoms with Crippen LogP contribution in [0.5, 0.6) is 0 Å². The number of carbonyl (C=O) groups excluding carboxylic acids is 1. The summed E-state index contributed by atoms with van der Waals surface area (Å²) in [5, 5.41) is 5.49. The molecule has 0 aromatic carbocycles. The largest absolute Gasteiger partial charge is 0.349 e. The van der Waals surface area contributed by atoms with Gasteiger partial charge in [0, 0.05) is 11.1 Å². The van der Waals surface area contributed by atoms with E-state index in [0.29, 0.717) is 6.54 Å². The Morgan fingerprint density at radius 1 is 1.83 bits per heavy atom. The number of carbonyl (C=O) groups is 1. The maximum absolute atomic E-state index is 10.7. The van der Waals surface area contributed by atoms with Crippen LogP contribution in [-0.4, -0.2) is 16.8 Å². The Morgan fingerprint density at radius 2 is 2.58 bits per heavy atom. The van der Waals surface area contributed by atoms with Crippen LogP contribution in [0.15, 0.2) is 5.38 Å². The van der Waals surface area contributed by atoms with Gasteiger partial charge in [-0.2, -0.15) is 0 Å². The van der Waals surface area contributed by atoms with Crippen LogP contribution in [0.1, 0.15) is 10.7 Å². The van der Waals surface area contributed by atoms with Gasteiger partial charge in [0.25, 0.3) is 0 Å². The molecule has 0 aliphatic rings. The van der Waals surface area contributed by atoms with Crippen molar-refractivity contribution in [1.29, 1.82) is 0 Å². The third-order valence-corrected chi connectivity index (χ3v) is 2.43. The standard InChI is InChI=1S/C7H9ClN2OS/c1-5-4-12-7(10-5)3-9-6(11)2-8/h4H,2-3H2,1H3,(H,9,11). The van der Waals surface area contributed by atoms with Gasteiger partial charge in [-0.1, -0.05) is 0 Å². The third-order valence-electron chi connectivity index (χ3n) is 1.22. The number of amides is 1. The zero-order valence-electron chi connectivity index (χ0n) is 6.63. The SMILES string of the molecule is Cc1csc(CNC(=O)CCl)n1. The lowest BCUT2D eigenvalue weighted by Crippen LogP contribution is -2.23. The van der Waals surface area contributed by atoms with Crippen LogP contribution in [0.2, 0.25) is 0 Å². The molecule has 12 heavy (non-hydrogen) atoms. The summed E-state index contributed by atoms with van der Waals surface area (Å²) >= 11 is 6.83. The summed E-state index contributed by atoms with van der Waals surface area (Å²) in [6, 6.07) is 0. The van der Waals surface area contributed by atoms with Gasteiger partial charge in [-0.05, 0) is 6.92 Å². The Bertz CT molecular complexity index is 274. The number of nitrogens with zero attached hydrogens (tertiary/aromatic N) is 1. The fourth-order valence-corrected chi connectivity index (χ4v) is 1.51. The van der Waals surface area contributed by atoms with Crippen LogP contribution in [0.3, 0.4) is 0 Å². The Balaban J connectivity index is 2.38. The molecular weight excluding hydrogens is 196 g/mol. The number of hydrogen-bond acceptors (Lipinski definition) is 3. The number of halogens is 1. The van der Waals surface area contributed by atoms with E-state index in [-0.39, 0.29) is 11.8 Å². The maximum atomic E-state index is 10.7. The van der Waals surface area contributed by atoms with E-state index >= 15 is 0 Å². The highest BCUT2D eigenvalue weighted by Gasteiger charge is 2.00. The van der Waals surface area contributed by atoms with Crippen LogP contribution in [0, 0.1) is 6.92 Å². The fraction of sp³-hybridized carbons (Fsp3) is 0.429. The van der Waals surface area contributed by atoms with E-state index in [2.05, 4.69) is 10.3 Å². The first-order valence-corrected chi connectivity index (χ1v) is 4.87. The lowest BCUT2D eigenvalue weighted by molar-refractivity contribution is -0.118. The van der Waals surface area contributed by atoms with Crippen molar-refractivity contribution in [3.63, 3.8) is 0 Å². The van der Waals surface area contributed by atoms with Crippen molar-refractivity contribution in [3.8, 4) is 0 Å². The molecule has 0 saturated heterocycles. The van der Waals surface area contributed by atoms with E-state index in [1.54, 1.807) is 0 Å². The van der Waals surface area contributed by atoms with Crippen LogP contribution in [0.4, 0.5) is 0 Å². The van der Waals surface area contributed by atoms with E-state index in [9.17, 15) is 4.79 Å². The van der Waals surface area contributed by atoms with Crippen LogP contribution < -0.4 is 5.32 Å². The van der Waals surface area contributed by atoms with Crippen LogP contribution >= 0.6 is 22.9 Å². The Kier molecular flexibility index (Phi) is 3.49. The minimum atomic E-state index is -0.162. The van der Waals surface area contributed by atoms with Gasteiger partial charge in [-0.3, -0.25) is 4.79 Å². The summed E-state index contributed by atoms with van der Waals surface area (Å²) in [6.45, 7) is 2.40. The maximum Gasteiger partial charge on any atom is 0.235 e. The molecule has 5 heteroatoms. The monoisotopic (exact) mass is 204 g/mol. The molecular formula is C7H9ClN2OS. The number of nitrogens with one attached hydrogen (secondary N) is 1. The average molecular weight is 205 g/mol. The minimum Gasteiger partial charge on any atom is -0.349 e. The molecule has 0 fully saturated rings. The summed E-state index contributed by atoms with van der Waals surface area (Å²) in [4.78, 5) is 14.9. The molecule has 0 spiro atoms. The highest BCUT2D eigenvalue weighted by Crippen LogP contribution is 2.07. The Labute approximate surface area is 79.8 Å². The lowest BCUT2D eigenvalue weighted by atomic mass is 10.5. The van der Waals surface area contributed by atoms with Gasteiger partial charge in [0.2, 0.25) is 5.91 Å². The normalized spacial score (nSPS) is 9.83. The number of alkyl halides is 1. The van der Waals surface area contributed by atoms with Crippen molar-refractivity contribution in [3.05, 3.63) is 16.1 Å². The van der Waals surface area contributed by atoms with E-state index in [1.807, 2.05) is 12.3 Å². The first-order chi connectivity index (χ1) is 5.72. The second-order valence-corrected chi connectivity index (χ2v) is 3.50. The van der Waals surface area contributed by atoms with Crippen molar-refractivity contribution < 1.29 is 4.79 Å². The number of hydrogen-bond donors (Lipinski definition) is 1.